The standard InChI is InChI=1S/C29H38N4O/c1-22(2)33-17-16-32(29(34)21-33)15-12-30-27-10-13-31(14-11-27)28-9-5-8-25(20-28)26-18-23-6-3-4-7-24(23)19-26/h3-9,18,20,22,27,30H,10-17,19,21H2,1-2H3. The lowest BCUT2D eigenvalue weighted by molar-refractivity contribution is -0.136. The molecular formula is C29H38N4O. The van der Waals surface area contributed by atoms with E-state index in [0.29, 0.717) is 18.6 Å². The molecule has 0 atom stereocenters. The third-order valence-electron chi connectivity index (χ3n) is 7.74. The Morgan fingerprint density at radius 1 is 1.00 bits per heavy atom. The highest BCUT2D eigenvalue weighted by atomic mass is 16.2. The molecule has 0 saturated carbocycles. The lowest BCUT2D eigenvalue weighted by atomic mass is 10.0. The zero-order chi connectivity index (χ0) is 23.5. The first kappa shape index (κ1) is 23.1. The minimum Gasteiger partial charge on any atom is -0.371 e. The molecule has 34 heavy (non-hydrogen) atoms. The van der Waals surface area contributed by atoms with Crippen molar-refractivity contribution in [1.82, 2.24) is 15.1 Å². The fourth-order valence-electron chi connectivity index (χ4n) is 5.52. The first-order valence-corrected chi connectivity index (χ1v) is 13.0. The number of allylic oxidation sites excluding steroid dienone is 1. The SMILES string of the molecule is CC(C)N1CCN(CCNC2CCN(c3cccc(C4=Cc5ccccc5C4)c3)CC2)C(=O)C1. The van der Waals surface area contributed by atoms with Crippen molar-refractivity contribution in [2.75, 3.05) is 50.7 Å². The van der Waals surface area contributed by atoms with E-state index in [1.807, 2.05) is 4.90 Å². The van der Waals surface area contributed by atoms with Crippen molar-refractivity contribution < 1.29 is 4.79 Å². The Hall–Kier alpha value is -2.63. The Morgan fingerprint density at radius 2 is 1.82 bits per heavy atom. The summed E-state index contributed by atoms with van der Waals surface area (Å²) in [4.78, 5) is 19.2. The second-order valence-electron chi connectivity index (χ2n) is 10.3. The number of piperazine rings is 1. The van der Waals surface area contributed by atoms with Crippen LogP contribution in [0.25, 0.3) is 11.6 Å². The highest BCUT2D eigenvalue weighted by Crippen LogP contribution is 2.33. The number of nitrogens with one attached hydrogen (secondary N) is 1. The largest absolute Gasteiger partial charge is 0.371 e. The molecule has 1 N–H and O–H groups in total. The van der Waals surface area contributed by atoms with Gasteiger partial charge in [-0.15, -0.1) is 0 Å². The van der Waals surface area contributed by atoms with Gasteiger partial charge in [0.25, 0.3) is 0 Å². The van der Waals surface area contributed by atoms with Crippen LogP contribution in [0.4, 0.5) is 5.69 Å². The van der Waals surface area contributed by atoms with Gasteiger partial charge in [0.1, 0.15) is 0 Å². The zero-order valence-corrected chi connectivity index (χ0v) is 20.7. The van der Waals surface area contributed by atoms with Gasteiger partial charge < -0.3 is 15.1 Å². The summed E-state index contributed by atoms with van der Waals surface area (Å²) in [5.74, 6) is 0.275. The minimum atomic E-state index is 0.275. The van der Waals surface area contributed by atoms with Gasteiger partial charge in [0, 0.05) is 57.0 Å². The van der Waals surface area contributed by atoms with Crippen molar-refractivity contribution in [3.63, 3.8) is 0 Å². The molecule has 0 spiro atoms. The molecule has 2 aromatic carbocycles. The average molecular weight is 459 g/mol. The number of nitrogens with zero attached hydrogens (tertiary/aromatic N) is 3. The summed E-state index contributed by atoms with van der Waals surface area (Å²) in [6, 6.07) is 18.8. The number of carbonyl (C=O) groups excluding carboxylic acids is 1. The smallest absolute Gasteiger partial charge is 0.236 e. The number of hydrogen-bond donors (Lipinski definition) is 1. The van der Waals surface area contributed by atoms with Gasteiger partial charge in [-0.05, 0) is 67.5 Å². The monoisotopic (exact) mass is 458 g/mol. The minimum absolute atomic E-state index is 0.275. The van der Waals surface area contributed by atoms with Gasteiger partial charge in [0.15, 0.2) is 0 Å². The third kappa shape index (κ3) is 5.21. The van der Waals surface area contributed by atoms with Crippen LogP contribution in [0.15, 0.2) is 48.5 Å². The van der Waals surface area contributed by atoms with Crippen LogP contribution in [-0.4, -0.2) is 73.6 Å². The lowest BCUT2D eigenvalue weighted by Crippen LogP contribution is -2.54. The van der Waals surface area contributed by atoms with E-state index in [-0.39, 0.29) is 5.91 Å². The molecule has 180 valence electrons. The van der Waals surface area contributed by atoms with Crippen LogP contribution in [-0.2, 0) is 11.2 Å². The second-order valence-corrected chi connectivity index (χ2v) is 10.3. The van der Waals surface area contributed by atoms with Gasteiger partial charge in [-0.2, -0.15) is 0 Å². The van der Waals surface area contributed by atoms with Gasteiger partial charge in [0.2, 0.25) is 5.91 Å². The predicted octanol–water partition coefficient (Wildman–Crippen LogP) is 3.89. The number of amides is 1. The summed E-state index contributed by atoms with van der Waals surface area (Å²) in [6.45, 7) is 10.6. The maximum absolute atomic E-state index is 12.4. The van der Waals surface area contributed by atoms with Gasteiger partial charge in [-0.25, -0.2) is 0 Å². The van der Waals surface area contributed by atoms with Crippen molar-refractivity contribution in [2.24, 2.45) is 0 Å². The molecule has 5 heteroatoms. The topological polar surface area (TPSA) is 38.8 Å². The van der Waals surface area contributed by atoms with E-state index < -0.39 is 0 Å². The molecule has 3 aliphatic rings. The summed E-state index contributed by atoms with van der Waals surface area (Å²) in [5.41, 5.74) is 6.89. The van der Waals surface area contributed by atoms with E-state index in [2.05, 4.69) is 83.6 Å². The van der Waals surface area contributed by atoms with E-state index in [1.165, 1.54) is 28.0 Å². The van der Waals surface area contributed by atoms with Gasteiger partial charge in [-0.1, -0.05) is 42.5 Å². The highest BCUT2D eigenvalue weighted by Gasteiger charge is 2.25. The van der Waals surface area contributed by atoms with Crippen molar-refractivity contribution in [3.05, 3.63) is 65.2 Å². The van der Waals surface area contributed by atoms with Gasteiger partial charge >= 0.3 is 0 Å². The molecule has 0 radical (unpaired) electrons. The molecule has 0 bridgehead atoms. The van der Waals surface area contributed by atoms with Gasteiger partial charge in [-0.3, -0.25) is 9.69 Å². The lowest BCUT2D eigenvalue weighted by Gasteiger charge is -2.37. The summed E-state index contributed by atoms with van der Waals surface area (Å²) in [5, 5.41) is 3.72. The number of anilines is 1. The number of piperidine rings is 1. The number of rotatable bonds is 7. The Kier molecular flexibility index (Phi) is 7.02. The van der Waals surface area contributed by atoms with E-state index in [9.17, 15) is 4.79 Å². The highest BCUT2D eigenvalue weighted by molar-refractivity contribution is 5.89. The Labute approximate surface area is 204 Å². The number of fused-ring (bicyclic) bond motifs is 1. The van der Waals surface area contributed by atoms with Crippen LogP contribution in [0.2, 0.25) is 0 Å². The van der Waals surface area contributed by atoms with Crippen LogP contribution in [0.1, 0.15) is 43.4 Å². The molecule has 2 fully saturated rings. The number of benzene rings is 2. The van der Waals surface area contributed by atoms with Gasteiger partial charge in [0.05, 0.1) is 6.54 Å². The first-order valence-electron chi connectivity index (χ1n) is 13.0. The summed E-state index contributed by atoms with van der Waals surface area (Å²) < 4.78 is 0. The van der Waals surface area contributed by atoms with Crippen molar-refractivity contribution in [1.29, 1.82) is 0 Å². The van der Waals surface area contributed by atoms with E-state index in [0.717, 1.165) is 58.5 Å². The van der Waals surface area contributed by atoms with E-state index >= 15 is 0 Å². The van der Waals surface area contributed by atoms with E-state index in [1.54, 1.807) is 0 Å². The summed E-state index contributed by atoms with van der Waals surface area (Å²) in [7, 11) is 0. The molecule has 0 unspecified atom stereocenters. The molecule has 1 aliphatic carbocycles. The summed E-state index contributed by atoms with van der Waals surface area (Å²) in [6.07, 6.45) is 5.67. The molecule has 1 amide bonds. The normalized spacial score (nSPS) is 19.6. The molecule has 0 aromatic heterocycles. The number of carbonyl (C=O) groups is 1. The van der Waals surface area contributed by atoms with Crippen LogP contribution in [0.3, 0.4) is 0 Å². The molecule has 2 heterocycles. The fourth-order valence-corrected chi connectivity index (χ4v) is 5.52. The maximum atomic E-state index is 12.4. The molecule has 5 rings (SSSR count). The third-order valence-corrected chi connectivity index (χ3v) is 7.74. The first-order chi connectivity index (χ1) is 16.6. The van der Waals surface area contributed by atoms with Crippen molar-refractivity contribution in [2.45, 2.75) is 45.2 Å². The Balaban J connectivity index is 1.08. The molecule has 2 aromatic rings. The van der Waals surface area contributed by atoms with Crippen LogP contribution < -0.4 is 10.2 Å². The molecule has 5 nitrogen and oxygen atoms in total. The Bertz CT molecular complexity index is 1040. The summed E-state index contributed by atoms with van der Waals surface area (Å²) >= 11 is 0. The molecule has 2 saturated heterocycles. The molecule has 2 aliphatic heterocycles. The Morgan fingerprint density at radius 3 is 2.59 bits per heavy atom. The van der Waals surface area contributed by atoms with Crippen LogP contribution in [0.5, 0.6) is 0 Å². The maximum Gasteiger partial charge on any atom is 0.236 e. The van der Waals surface area contributed by atoms with Crippen LogP contribution in [0, 0.1) is 0 Å². The van der Waals surface area contributed by atoms with E-state index in [4.69, 9.17) is 0 Å². The molecular weight excluding hydrogens is 420 g/mol. The fraction of sp³-hybridized carbons (Fsp3) is 0.483. The number of hydrogen-bond acceptors (Lipinski definition) is 4. The average Bonchev–Trinajstić information content (AvgIpc) is 3.30. The quantitative estimate of drug-likeness (QED) is 0.683. The zero-order valence-electron chi connectivity index (χ0n) is 20.7. The second kappa shape index (κ2) is 10.3. The predicted molar refractivity (Wildman–Crippen MR) is 141 cm³/mol. The van der Waals surface area contributed by atoms with Crippen LogP contribution >= 0.6 is 0 Å². The van der Waals surface area contributed by atoms with Crippen molar-refractivity contribution in [3.8, 4) is 0 Å². The van der Waals surface area contributed by atoms with Crippen molar-refractivity contribution >= 4 is 23.2 Å².